The normalized spacial score (nSPS) is 10.8. The molecule has 20 heavy (non-hydrogen) atoms. The molecule has 0 radical (unpaired) electrons. The van der Waals surface area contributed by atoms with E-state index in [-0.39, 0.29) is 0 Å². The number of nitrogens with zero attached hydrogens (tertiary/aromatic N) is 1. The third-order valence-electron chi connectivity index (χ3n) is 3.42. The quantitative estimate of drug-likeness (QED) is 0.636. The number of imidazole rings is 1. The van der Waals surface area contributed by atoms with Crippen LogP contribution in [-0.4, -0.2) is 16.5 Å². The molecule has 2 aromatic carbocycles. The number of aromatic nitrogens is 2. The monoisotopic (exact) mass is 266 g/mol. The minimum Gasteiger partial charge on any atom is -0.397 e. The Morgan fingerprint density at radius 2 is 2.10 bits per heavy atom. The summed E-state index contributed by atoms with van der Waals surface area (Å²) in [6.07, 6.45) is 2.67. The van der Waals surface area contributed by atoms with Crippen molar-refractivity contribution in [2.75, 3.05) is 17.6 Å². The lowest BCUT2D eigenvalue weighted by Crippen LogP contribution is -2.07. The molecular weight excluding hydrogens is 248 g/mol. The van der Waals surface area contributed by atoms with Crippen molar-refractivity contribution in [1.29, 1.82) is 0 Å². The fourth-order valence-corrected chi connectivity index (χ4v) is 2.32. The Kier molecular flexibility index (Phi) is 3.29. The summed E-state index contributed by atoms with van der Waals surface area (Å²) >= 11 is 0. The Bertz CT molecular complexity index is 730. The molecule has 4 heteroatoms. The third kappa shape index (κ3) is 2.59. The van der Waals surface area contributed by atoms with Crippen LogP contribution in [0.25, 0.3) is 11.0 Å². The third-order valence-corrected chi connectivity index (χ3v) is 3.42. The zero-order chi connectivity index (χ0) is 13.9. The fraction of sp³-hybridized carbons (Fsp3) is 0.188. The average molecular weight is 266 g/mol. The standard InChI is InChI=1S/C16H18N4/c1-11-2-4-14(13(17)8-11)18-7-6-12-3-5-15-16(9-12)20-10-19-15/h2-5,8-10,18H,6-7,17H2,1H3,(H,19,20). The van der Waals surface area contributed by atoms with Crippen molar-refractivity contribution < 1.29 is 0 Å². The summed E-state index contributed by atoms with van der Waals surface area (Å²) in [7, 11) is 0. The maximum absolute atomic E-state index is 5.99. The zero-order valence-corrected chi connectivity index (χ0v) is 11.5. The van der Waals surface area contributed by atoms with Gasteiger partial charge in [0.05, 0.1) is 28.7 Å². The molecule has 0 unspecified atom stereocenters. The number of nitrogens with one attached hydrogen (secondary N) is 2. The minimum absolute atomic E-state index is 0.800. The van der Waals surface area contributed by atoms with Crippen molar-refractivity contribution in [3.8, 4) is 0 Å². The molecule has 0 bridgehead atoms. The molecule has 1 heterocycles. The van der Waals surface area contributed by atoms with Gasteiger partial charge in [-0.05, 0) is 48.7 Å². The Morgan fingerprint density at radius 3 is 2.95 bits per heavy atom. The molecule has 0 aliphatic rings. The Hall–Kier alpha value is -2.49. The number of benzene rings is 2. The molecule has 0 spiro atoms. The molecule has 0 amide bonds. The van der Waals surface area contributed by atoms with Gasteiger partial charge >= 0.3 is 0 Å². The van der Waals surface area contributed by atoms with Gasteiger partial charge in [-0.25, -0.2) is 4.98 Å². The van der Waals surface area contributed by atoms with Gasteiger partial charge in [-0.1, -0.05) is 12.1 Å². The molecule has 0 aliphatic carbocycles. The van der Waals surface area contributed by atoms with E-state index in [9.17, 15) is 0 Å². The number of aryl methyl sites for hydroxylation is 1. The van der Waals surface area contributed by atoms with E-state index >= 15 is 0 Å². The molecule has 0 fully saturated rings. The first kappa shape index (κ1) is 12.5. The van der Waals surface area contributed by atoms with Crippen molar-refractivity contribution in [2.45, 2.75) is 13.3 Å². The van der Waals surface area contributed by atoms with Crippen LogP contribution in [-0.2, 0) is 6.42 Å². The first-order valence-electron chi connectivity index (χ1n) is 6.74. The Balaban J connectivity index is 1.64. The number of hydrogen-bond acceptors (Lipinski definition) is 3. The number of nitrogen functional groups attached to an aromatic ring is 1. The van der Waals surface area contributed by atoms with E-state index in [2.05, 4.69) is 33.5 Å². The van der Waals surface area contributed by atoms with Crippen molar-refractivity contribution >= 4 is 22.4 Å². The van der Waals surface area contributed by atoms with Crippen LogP contribution in [0, 0.1) is 6.92 Å². The van der Waals surface area contributed by atoms with Gasteiger partial charge in [-0.3, -0.25) is 0 Å². The van der Waals surface area contributed by atoms with Gasteiger partial charge in [0.15, 0.2) is 0 Å². The Labute approximate surface area is 118 Å². The maximum Gasteiger partial charge on any atom is 0.0931 e. The number of anilines is 2. The second-order valence-corrected chi connectivity index (χ2v) is 5.02. The molecule has 1 aromatic heterocycles. The van der Waals surface area contributed by atoms with Crippen molar-refractivity contribution in [3.63, 3.8) is 0 Å². The molecule has 0 atom stereocenters. The molecule has 102 valence electrons. The zero-order valence-electron chi connectivity index (χ0n) is 11.5. The van der Waals surface area contributed by atoms with Crippen molar-refractivity contribution in [2.24, 2.45) is 0 Å². The number of fused-ring (bicyclic) bond motifs is 1. The highest BCUT2D eigenvalue weighted by Crippen LogP contribution is 2.19. The maximum atomic E-state index is 5.99. The summed E-state index contributed by atoms with van der Waals surface area (Å²) in [4.78, 5) is 7.35. The minimum atomic E-state index is 0.800. The van der Waals surface area contributed by atoms with Crippen LogP contribution < -0.4 is 11.1 Å². The van der Waals surface area contributed by atoms with E-state index in [1.807, 2.05) is 25.1 Å². The fourth-order valence-electron chi connectivity index (χ4n) is 2.32. The van der Waals surface area contributed by atoms with E-state index in [4.69, 9.17) is 5.73 Å². The summed E-state index contributed by atoms with van der Waals surface area (Å²) in [6.45, 7) is 2.90. The molecule has 4 N–H and O–H groups in total. The van der Waals surface area contributed by atoms with E-state index < -0.39 is 0 Å². The molecule has 3 rings (SSSR count). The highest BCUT2D eigenvalue weighted by Gasteiger charge is 2.01. The van der Waals surface area contributed by atoms with E-state index in [0.717, 1.165) is 35.4 Å². The molecule has 3 aromatic rings. The van der Waals surface area contributed by atoms with Crippen LogP contribution in [0.2, 0.25) is 0 Å². The predicted octanol–water partition coefficient (Wildman–Crippen LogP) is 3.11. The van der Waals surface area contributed by atoms with E-state index in [0.29, 0.717) is 0 Å². The van der Waals surface area contributed by atoms with Gasteiger partial charge in [0.1, 0.15) is 0 Å². The smallest absolute Gasteiger partial charge is 0.0931 e. The highest BCUT2D eigenvalue weighted by atomic mass is 14.9. The number of rotatable bonds is 4. The van der Waals surface area contributed by atoms with Crippen LogP contribution in [0.3, 0.4) is 0 Å². The number of aromatic amines is 1. The predicted molar refractivity (Wildman–Crippen MR) is 83.9 cm³/mol. The highest BCUT2D eigenvalue weighted by molar-refractivity contribution is 5.75. The van der Waals surface area contributed by atoms with Gasteiger partial charge in [-0.15, -0.1) is 0 Å². The summed E-state index contributed by atoms with van der Waals surface area (Å²) in [5.41, 5.74) is 12.3. The van der Waals surface area contributed by atoms with Crippen LogP contribution in [0.15, 0.2) is 42.7 Å². The van der Waals surface area contributed by atoms with Crippen LogP contribution in [0.4, 0.5) is 11.4 Å². The van der Waals surface area contributed by atoms with Gasteiger partial charge in [0.25, 0.3) is 0 Å². The second kappa shape index (κ2) is 5.25. The largest absolute Gasteiger partial charge is 0.397 e. The van der Waals surface area contributed by atoms with Crippen LogP contribution in [0.1, 0.15) is 11.1 Å². The van der Waals surface area contributed by atoms with E-state index in [1.54, 1.807) is 6.33 Å². The first-order chi connectivity index (χ1) is 9.72. The van der Waals surface area contributed by atoms with Gasteiger partial charge in [0.2, 0.25) is 0 Å². The topological polar surface area (TPSA) is 66.7 Å². The molecule has 0 aliphatic heterocycles. The molecule has 4 nitrogen and oxygen atoms in total. The summed E-state index contributed by atoms with van der Waals surface area (Å²) < 4.78 is 0. The molecule has 0 saturated heterocycles. The average Bonchev–Trinajstić information content (AvgIpc) is 2.89. The van der Waals surface area contributed by atoms with Gasteiger partial charge < -0.3 is 16.0 Å². The van der Waals surface area contributed by atoms with Crippen LogP contribution >= 0.6 is 0 Å². The molecular formula is C16H18N4. The number of H-pyrrole nitrogens is 1. The summed E-state index contributed by atoms with van der Waals surface area (Å²) in [5, 5.41) is 3.38. The summed E-state index contributed by atoms with van der Waals surface area (Å²) in [5.74, 6) is 0. The lowest BCUT2D eigenvalue weighted by atomic mass is 10.1. The van der Waals surface area contributed by atoms with Gasteiger partial charge in [0, 0.05) is 6.54 Å². The number of hydrogen-bond donors (Lipinski definition) is 3. The SMILES string of the molecule is Cc1ccc(NCCc2ccc3nc[nH]c3c2)c(N)c1. The Morgan fingerprint density at radius 1 is 1.20 bits per heavy atom. The van der Waals surface area contributed by atoms with Crippen molar-refractivity contribution in [3.05, 3.63) is 53.9 Å². The first-order valence-corrected chi connectivity index (χ1v) is 6.74. The van der Waals surface area contributed by atoms with Crippen molar-refractivity contribution in [1.82, 2.24) is 9.97 Å². The van der Waals surface area contributed by atoms with E-state index in [1.165, 1.54) is 11.1 Å². The number of nitrogens with two attached hydrogens (primary N) is 1. The van der Waals surface area contributed by atoms with Gasteiger partial charge in [-0.2, -0.15) is 0 Å². The lowest BCUT2D eigenvalue weighted by Gasteiger charge is -2.10. The lowest BCUT2D eigenvalue weighted by molar-refractivity contribution is 1.02. The second-order valence-electron chi connectivity index (χ2n) is 5.02. The summed E-state index contributed by atoms with van der Waals surface area (Å²) in [6, 6.07) is 12.4. The molecule has 0 saturated carbocycles. The van der Waals surface area contributed by atoms with Crippen LogP contribution in [0.5, 0.6) is 0 Å².